The van der Waals surface area contributed by atoms with E-state index in [1.165, 1.54) is 0 Å². The molecular weight excluding hydrogens is 290 g/mol. The first kappa shape index (κ1) is 16.7. The van der Waals surface area contributed by atoms with Crippen LogP contribution < -0.4 is 0 Å². The highest BCUT2D eigenvalue weighted by molar-refractivity contribution is 5.89. The second-order valence-corrected chi connectivity index (χ2v) is 6.02. The lowest BCUT2D eigenvalue weighted by Gasteiger charge is -2.25. The Morgan fingerprint density at radius 3 is 2.55 bits per heavy atom. The number of hydrogen-bond donors (Lipinski definition) is 2. The highest BCUT2D eigenvalue weighted by atomic mass is 16.4. The van der Waals surface area contributed by atoms with Crippen molar-refractivity contribution in [3.8, 4) is 0 Å². The molecule has 8 heteroatoms. The van der Waals surface area contributed by atoms with Gasteiger partial charge in [0.1, 0.15) is 0 Å². The highest BCUT2D eigenvalue weighted by Gasteiger charge is 2.41. The summed E-state index contributed by atoms with van der Waals surface area (Å²) in [5.74, 6) is -1.47. The van der Waals surface area contributed by atoms with E-state index in [1.807, 2.05) is 6.92 Å². The van der Waals surface area contributed by atoms with Crippen molar-refractivity contribution in [2.24, 2.45) is 5.92 Å². The van der Waals surface area contributed by atoms with Crippen molar-refractivity contribution < 1.29 is 24.6 Å². The highest BCUT2D eigenvalue weighted by Crippen LogP contribution is 2.23. The summed E-state index contributed by atoms with van der Waals surface area (Å²) in [7, 11) is 1.62. The number of aliphatic hydroxyl groups is 1. The Morgan fingerprint density at radius 1 is 1.32 bits per heavy atom. The number of nitrogens with zero attached hydrogens (tertiary/aromatic N) is 3. The van der Waals surface area contributed by atoms with Crippen molar-refractivity contribution in [3.05, 3.63) is 0 Å². The molecule has 0 spiro atoms. The molecule has 2 fully saturated rings. The van der Waals surface area contributed by atoms with Crippen LogP contribution in [0.4, 0.5) is 0 Å². The first-order chi connectivity index (χ1) is 10.3. The average molecular weight is 313 g/mol. The zero-order chi connectivity index (χ0) is 16.4. The Bertz CT molecular complexity index is 469. The van der Waals surface area contributed by atoms with Crippen molar-refractivity contribution in [3.63, 3.8) is 0 Å². The van der Waals surface area contributed by atoms with Gasteiger partial charge in [0, 0.05) is 32.6 Å². The first-order valence-electron chi connectivity index (χ1n) is 7.50. The number of hydrogen-bond acceptors (Lipinski definition) is 5. The number of carbonyl (C=O) groups excluding carboxylic acids is 2. The number of aliphatic hydroxyl groups excluding tert-OH is 1. The third-order valence-electron chi connectivity index (χ3n) is 4.47. The fraction of sp³-hybridized carbons (Fsp3) is 0.786. The lowest BCUT2D eigenvalue weighted by Crippen LogP contribution is -2.43. The molecule has 0 aromatic rings. The zero-order valence-corrected chi connectivity index (χ0v) is 12.9. The van der Waals surface area contributed by atoms with Gasteiger partial charge in [0.2, 0.25) is 11.8 Å². The first-order valence-corrected chi connectivity index (χ1v) is 7.50. The normalized spacial score (nSPS) is 28.7. The number of aliphatic carboxylic acids is 1. The van der Waals surface area contributed by atoms with Crippen LogP contribution in [0.25, 0.3) is 0 Å². The van der Waals surface area contributed by atoms with Crippen LogP contribution in [-0.2, 0) is 14.4 Å². The molecule has 0 saturated carbocycles. The zero-order valence-electron chi connectivity index (χ0n) is 12.9. The van der Waals surface area contributed by atoms with E-state index in [1.54, 1.807) is 21.7 Å². The number of carbonyl (C=O) groups is 3. The molecule has 0 unspecified atom stereocenters. The monoisotopic (exact) mass is 313 g/mol. The quantitative estimate of drug-likeness (QED) is 0.637. The third-order valence-corrected chi connectivity index (χ3v) is 4.47. The van der Waals surface area contributed by atoms with E-state index >= 15 is 0 Å². The summed E-state index contributed by atoms with van der Waals surface area (Å²) in [5, 5.41) is 18.9. The van der Waals surface area contributed by atoms with Crippen LogP contribution in [0.5, 0.6) is 0 Å². The molecule has 0 aromatic carbocycles. The fourth-order valence-corrected chi connectivity index (χ4v) is 3.21. The van der Waals surface area contributed by atoms with Gasteiger partial charge in [-0.15, -0.1) is 0 Å². The van der Waals surface area contributed by atoms with E-state index in [4.69, 9.17) is 5.11 Å². The Balaban J connectivity index is 1.95. The number of amides is 2. The Kier molecular flexibility index (Phi) is 5.02. The van der Waals surface area contributed by atoms with Gasteiger partial charge in [-0.3, -0.25) is 19.3 Å². The molecule has 2 aliphatic rings. The summed E-state index contributed by atoms with van der Waals surface area (Å²) in [4.78, 5) is 39.7. The average Bonchev–Trinajstić information content (AvgIpc) is 3.00. The van der Waals surface area contributed by atoms with Gasteiger partial charge in [-0.1, -0.05) is 0 Å². The van der Waals surface area contributed by atoms with Gasteiger partial charge in [-0.2, -0.15) is 0 Å². The van der Waals surface area contributed by atoms with Gasteiger partial charge in [-0.05, 0) is 14.0 Å². The minimum Gasteiger partial charge on any atom is -0.480 e. The van der Waals surface area contributed by atoms with Crippen LogP contribution in [0.3, 0.4) is 0 Å². The van der Waals surface area contributed by atoms with Crippen LogP contribution in [-0.4, -0.2) is 94.6 Å². The molecule has 2 amide bonds. The molecule has 124 valence electrons. The summed E-state index contributed by atoms with van der Waals surface area (Å²) in [6, 6.07) is -0.389. The molecule has 2 saturated heterocycles. The van der Waals surface area contributed by atoms with Crippen LogP contribution in [0, 0.1) is 5.92 Å². The SMILES string of the molecule is CCN1C[C@@H](C(=O)N2C[C@@H](O)[C@H](N(C)CC(=O)O)C2)CC1=O. The number of rotatable bonds is 5. The molecule has 0 radical (unpaired) electrons. The topological polar surface area (TPSA) is 101 Å². The lowest BCUT2D eigenvalue weighted by molar-refractivity contribution is -0.138. The molecule has 0 aromatic heterocycles. The summed E-state index contributed by atoms with van der Waals surface area (Å²) >= 11 is 0. The molecule has 0 aliphatic carbocycles. The van der Waals surface area contributed by atoms with E-state index in [0.29, 0.717) is 19.6 Å². The molecule has 2 aliphatic heterocycles. The van der Waals surface area contributed by atoms with Crippen LogP contribution in [0.15, 0.2) is 0 Å². The molecular formula is C14H23N3O5. The lowest BCUT2D eigenvalue weighted by atomic mass is 10.1. The number of carboxylic acids is 1. The second kappa shape index (κ2) is 6.62. The number of β-amino-alcohol motifs (C(OH)–C–C–N with tert-alkyl or cyclic N) is 1. The summed E-state index contributed by atoms with van der Waals surface area (Å²) in [6.07, 6.45) is -0.554. The van der Waals surface area contributed by atoms with E-state index in [0.717, 1.165) is 0 Å². The molecule has 2 heterocycles. The van der Waals surface area contributed by atoms with E-state index in [-0.39, 0.29) is 43.3 Å². The summed E-state index contributed by atoms with van der Waals surface area (Å²) in [6.45, 7) is 3.19. The van der Waals surface area contributed by atoms with Crippen LogP contribution in [0.2, 0.25) is 0 Å². The number of likely N-dealkylation sites (N-methyl/N-ethyl adjacent to an activating group) is 1. The maximum atomic E-state index is 12.5. The minimum absolute atomic E-state index is 0.0138. The Labute approximate surface area is 129 Å². The van der Waals surface area contributed by atoms with Crippen LogP contribution in [0.1, 0.15) is 13.3 Å². The Morgan fingerprint density at radius 2 is 2.00 bits per heavy atom. The Hall–Kier alpha value is -1.67. The maximum absolute atomic E-state index is 12.5. The standard InChI is InChI=1S/C14H23N3O5/c1-3-16-5-9(4-12(16)19)14(22)17-6-10(11(18)7-17)15(2)8-13(20)21/h9-11,18H,3-8H2,1-2H3,(H,20,21)/t9-,10+,11+/m0/s1. The fourth-order valence-electron chi connectivity index (χ4n) is 3.21. The number of likely N-dealkylation sites (tertiary alicyclic amines) is 2. The van der Waals surface area contributed by atoms with Crippen molar-refractivity contribution in [1.29, 1.82) is 0 Å². The smallest absolute Gasteiger partial charge is 0.317 e. The molecule has 3 atom stereocenters. The van der Waals surface area contributed by atoms with Gasteiger partial charge in [0.15, 0.2) is 0 Å². The molecule has 8 nitrogen and oxygen atoms in total. The van der Waals surface area contributed by atoms with E-state index in [9.17, 15) is 19.5 Å². The third kappa shape index (κ3) is 3.38. The minimum atomic E-state index is -0.973. The van der Waals surface area contributed by atoms with Crippen LogP contribution >= 0.6 is 0 Å². The molecule has 2 N–H and O–H groups in total. The largest absolute Gasteiger partial charge is 0.480 e. The van der Waals surface area contributed by atoms with Gasteiger partial charge >= 0.3 is 5.97 Å². The number of carboxylic acid groups (broad SMARTS) is 1. The van der Waals surface area contributed by atoms with E-state index < -0.39 is 12.1 Å². The second-order valence-electron chi connectivity index (χ2n) is 6.02. The molecule has 0 bridgehead atoms. The predicted molar refractivity (Wildman–Crippen MR) is 77.0 cm³/mol. The van der Waals surface area contributed by atoms with Crippen molar-refractivity contribution >= 4 is 17.8 Å². The van der Waals surface area contributed by atoms with Crippen molar-refractivity contribution in [2.75, 3.05) is 39.8 Å². The molecule has 22 heavy (non-hydrogen) atoms. The van der Waals surface area contributed by atoms with E-state index in [2.05, 4.69) is 0 Å². The van der Waals surface area contributed by atoms with Gasteiger partial charge in [-0.25, -0.2) is 0 Å². The summed E-state index contributed by atoms with van der Waals surface area (Å²) in [5.41, 5.74) is 0. The predicted octanol–water partition coefficient (Wildman–Crippen LogP) is -1.56. The van der Waals surface area contributed by atoms with Gasteiger partial charge < -0.3 is 20.0 Å². The van der Waals surface area contributed by atoms with Gasteiger partial charge in [0.05, 0.1) is 24.6 Å². The summed E-state index contributed by atoms with van der Waals surface area (Å²) < 4.78 is 0. The maximum Gasteiger partial charge on any atom is 0.317 e. The van der Waals surface area contributed by atoms with Gasteiger partial charge in [0.25, 0.3) is 0 Å². The van der Waals surface area contributed by atoms with Crippen molar-refractivity contribution in [2.45, 2.75) is 25.5 Å². The molecule has 2 rings (SSSR count). The van der Waals surface area contributed by atoms with Crippen molar-refractivity contribution in [1.82, 2.24) is 14.7 Å².